The van der Waals surface area contributed by atoms with Crippen molar-refractivity contribution in [3.63, 3.8) is 0 Å². The molecule has 2 atom stereocenters. The van der Waals surface area contributed by atoms with E-state index in [-0.39, 0.29) is 6.04 Å². The van der Waals surface area contributed by atoms with E-state index < -0.39 is 6.10 Å². The lowest BCUT2D eigenvalue weighted by Crippen LogP contribution is -2.21. The van der Waals surface area contributed by atoms with Crippen LogP contribution in [-0.4, -0.2) is 11.2 Å². The molecule has 1 aliphatic carbocycles. The zero-order valence-electron chi connectivity index (χ0n) is 6.50. The molecule has 1 aromatic carbocycles. The third kappa shape index (κ3) is 1.18. The van der Waals surface area contributed by atoms with Crippen LogP contribution in [0.25, 0.3) is 0 Å². The van der Waals surface area contributed by atoms with Crippen molar-refractivity contribution in [3.8, 4) is 0 Å². The number of aliphatic hydroxyl groups excluding tert-OH is 1. The van der Waals surface area contributed by atoms with Crippen LogP contribution in [0.15, 0.2) is 22.7 Å². The van der Waals surface area contributed by atoms with Gasteiger partial charge >= 0.3 is 0 Å². The Morgan fingerprint density at radius 1 is 1.50 bits per heavy atom. The Balaban J connectivity index is 2.48. The molecule has 0 spiro atoms. The van der Waals surface area contributed by atoms with E-state index in [1.54, 1.807) is 0 Å². The molecule has 3 N–H and O–H groups in total. The molecule has 0 saturated carbocycles. The summed E-state index contributed by atoms with van der Waals surface area (Å²) in [5.41, 5.74) is 8.02. The molecule has 12 heavy (non-hydrogen) atoms. The zero-order valence-corrected chi connectivity index (χ0v) is 8.08. The Morgan fingerprint density at radius 3 is 3.00 bits per heavy atom. The first-order valence-electron chi connectivity index (χ1n) is 3.90. The third-order valence-corrected chi connectivity index (χ3v) is 2.80. The SMILES string of the molecule is N[C@H]1c2cc(Br)ccc2C[C@H]1O. The largest absolute Gasteiger partial charge is 0.391 e. The molecule has 0 unspecified atom stereocenters. The summed E-state index contributed by atoms with van der Waals surface area (Å²) in [6.07, 6.45) is 0.276. The van der Waals surface area contributed by atoms with Gasteiger partial charge in [0.05, 0.1) is 12.1 Å². The van der Waals surface area contributed by atoms with Crippen molar-refractivity contribution in [1.29, 1.82) is 0 Å². The van der Waals surface area contributed by atoms with Gasteiger partial charge in [0.1, 0.15) is 0 Å². The Bertz CT molecular complexity index is 313. The average Bonchev–Trinajstić information content (AvgIpc) is 2.31. The lowest BCUT2D eigenvalue weighted by atomic mass is 10.1. The molecule has 0 aliphatic heterocycles. The summed E-state index contributed by atoms with van der Waals surface area (Å²) in [6.45, 7) is 0. The second-order valence-electron chi connectivity index (χ2n) is 3.14. The van der Waals surface area contributed by atoms with Gasteiger partial charge in [0.25, 0.3) is 0 Å². The molecule has 2 nitrogen and oxygen atoms in total. The Labute approximate surface area is 79.5 Å². The molecule has 1 aromatic rings. The van der Waals surface area contributed by atoms with Gasteiger partial charge < -0.3 is 10.8 Å². The topological polar surface area (TPSA) is 46.2 Å². The predicted octanol–water partition coefficient (Wildman–Crippen LogP) is 1.37. The Morgan fingerprint density at radius 2 is 2.25 bits per heavy atom. The van der Waals surface area contributed by atoms with Gasteiger partial charge in [0.2, 0.25) is 0 Å². The highest BCUT2D eigenvalue weighted by Crippen LogP contribution is 2.31. The maximum atomic E-state index is 9.47. The summed E-state index contributed by atoms with van der Waals surface area (Å²) in [6, 6.07) is 5.76. The highest BCUT2D eigenvalue weighted by Gasteiger charge is 2.27. The van der Waals surface area contributed by atoms with E-state index in [4.69, 9.17) is 5.73 Å². The lowest BCUT2D eigenvalue weighted by Gasteiger charge is -2.08. The van der Waals surface area contributed by atoms with Gasteiger partial charge in [0.15, 0.2) is 0 Å². The highest BCUT2D eigenvalue weighted by molar-refractivity contribution is 9.10. The summed E-state index contributed by atoms with van der Waals surface area (Å²) in [4.78, 5) is 0. The number of hydrogen-bond donors (Lipinski definition) is 2. The third-order valence-electron chi connectivity index (χ3n) is 2.31. The first-order chi connectivity index (χ1) is 5.68. The van der Waals surface area contributed by atoms with Gasteiger partial charge in [-0.05, 0) is 23.3 Å². The predicted molar refractivity (Wildman–Crippen MR) is 50.8 cm³/mol. The number of hydrogen-bond acceptors (Lipinski definition) is 2. The fraction of sp³-hybridized carbons (Fsp3) is 0.333. The van der Waals surface area contributed by atoms with Crippen molar-refractivity contribution < 1.29 is 5.11 Å². The average molecular weight is 228 g/mol. The maximum Gasteiger partial charge on any atom is 0.0773 e. The van der Waals surface area contributed by atoms with Crippen molar-refractivity contribution in [2.75, 3.05) is 0 Å². The van der Waals surface area contributed by atoms with Gasteiger partial charge in [-0.1, -0.05) is 22.0 Å². The van der Waals surface area contributed by atoms with Crippen molar-refractivity contribution in [2.24, 2.45) is 5.73 Å². The van der Waals surface area contributed by atoms with Gasteiger partial charge in [-0.3, -0.25) is 0 Å². The Hall–Kier alpha value is -0.380. The Kier molecular flexibility index (Phi) is 1.94. The molecule has 64 valence electrons. The normalized spacial score (nSPS) is 27.2. The fourth-order valence-corrected chi connectivity index (χ4v) is 2.00. The van der Waals surface area contributed by atoms with Crippen LogP contribution in [0.4, 0.5) is 0 Å². The van der Waals surface area contributed by atoms with E-state index in [1.165, 1.54) is 5.56 Å². The van der Waals surface area contributed by atoms with Crippen LogP contribution in [0.3, 0.4) is 0 Å². The molecule has 0 amide bonds. The number of fused-ring (bicyclic) bond motifs is 1. The number of nitrogens with two attached hydrogens (primary N) is 1. The minimum absolute atomic E-state index is 0.211. The molecular weight excluding hydrogens is 218 g/mol. The highest BCUT2D eigenvalue weighted by atomic mass is 79.9. The van der Waals surface area contributed by atoms with Gasteiger partial charge in [-0.2, -0.15) is 0 Å². The minimum atomic E-state index is -0.408. The molecular formula is C9H10BrNO. The molecule has 0 radical (unpaired) electrons. The van der Waals surface area contributed by atoms with Crippen LogP contribution in [-0.2, 0) is 6.42 Å². The van der Waals surface area contributed by atoms with Gasteiger partial charge in [0, 0.05) is 10.9 Å². The summed E-state index contributed by atoms with van der Waals surface area (Å²) in [5, 5.41) is 9.47. The van der Waals surface area contributed by atoms with Crippen molar-refractivity contribution in [2.45, 2.75) is 18.6 Å². The molecule has 0 aromatic heterocycles. The molecule has 0 saturated heterocycles. The van der Waals surface area contributed by atoms with E-state index in [2.05, 4.69) is 15.9 Å². The standard InChI is InChI=1S/C9H10BrNO/c10-6-2-1-5-3-8(12)9(11)7(5)4-6/h1-2,4,8-9,12H,3,11H2/t8-,9+/m1/s1. The minimum Gasteiger partial charge on any atom is -0.391 e. The maximum absolute atomic E-state index is 9.47. The molecule has 0 heterocycles. The second kappa shape index (κ2) is 2.83. The van der Waals surface area contributed by atoms with E-state index >= 15 is 0 Å². The van der Waals surface area contributed by atoms with Crippen molar-refractivity contribution in [1.82, 2.24) is 0 Å². The number of halogens is 1. The number of rotatable bonds is 0. The van der Waals surface area contributed by atoms with Crippen LogP contribution in [0, 0.1) is 0 Å². The molecule has 0 fully saturated rings. The molecule has 1 aliphatic rings. The quantitative estimate of drug-likeness (QED) is 0.704. The smallest absolute Gasteiger partial charge is 0.0773 e. The first kappa shape index (κ1) is 8.23. The second-order valence-corrected chi connectivity index (χ2v) is 4.06. The zero-order chi connectivity index (χ0) is 8.72. The lowest BCUT2D eigenvalue weighted by molar-refractivity contribution is 0.158. The van der Waals surface area contributed by atoms with Crippen LogP contribution >= 0.6 is 15.9 Å². The monoisotopic (exact) mass is 227 g/mol. The number of aliphatic hydroxyl groups is 1. The van der Waals surface area contributed by atoms with E-state index in [9.17, 15) is 5.11 Å². The van der Waals surface area contributed by atoms with E-state index in [0.717, 1.165) is 10.0 Å². The molecule has 2 rings (SSSR count). The summed E-state index contributed by atoms with van der Waals surface area (Å²) >= 11 is 3.38. The summed E-state index contributed by atoms with van der Waals surface area (Å²) in [7, 11) is 0. The molecule has 3 heteroatoms. The number of benzene rings is 1. The van der Waals surface area contributed by atoms with Gasteiger partial charge in [-0.15, -0.1) is 0 Å². The summed E-state index contributed by atoms with van der Waals surface area (Å²) < 4.78 is 1.02. The van der Waals surface area contributed by atoms with Crippen molar-refractivity contribution >= 4 is 15.9 Å². The molecule has 0 bridgehead atoms. The van der Waals surface area contributed by atoms with Crippen LogP contribution < -0.4 is 5.73 Å². The van der Waals surface area contributed by atoms with Crippen LogP contribution in [0.5, 0.6) is 0 Å². The summed E-state index contributed by atoms with van der Waals surface area (Å²) in [5.74, 6) is 0. The van der Waals surface area contributed by atoms with Crippen LogP contribution in [0.2, 0.25) is 0 Å². The van der Waals surface area contributed by atoms with Crippen molar-refractivity contribution in [3.05, 3.63) is 33.8 Å². The fourth-order valence-electron chi connectivity index (χ4n) is 1.62. The van der Waals surface area contributed by atoms with Crippen LogP contribution in [0.1, 0.15) is 17.2 Å². The van der Waals surface area contributed by atoms with E-state index in [0.29, 0.717) is 6.42 Å². The van der Waals surface area contributed by atoms with E-state index in [1.807, 2.05) is 18.2 Å². The van der Waals surface area contributed by atoms with Gasteiger partial charge in [-0.25, -0.2) is 0 Å². The first-order valence-corrected chi connectivity index (χ1v) is 4.70.